The number of likely N-dealkylation sites (N-methyl/N-ethyl adjacent to an activating group) is 1. The van der Waals surface area contributed by atoms with Crippen molar-refractivity contribution in [1.82, 2.24) is 10.2 Å². The highest BCUT2D eigenvalue weighted by molar-refractivity contribution is 6.02. The third-order valence-electron chi connectivity index (χ3n) is 5.78. The van der Waals surface area contributed by atoms with Gasteiger partial charge in [0.1, 0.15) is 6.61 Å². The Morgan fingerprint density at radius 3 is 2.38 bits per heavy atom. The summed E-state index contributed by atoms with van der Waals surface area (Å²) in [5.74, 6) is -1.53. The lowest BCUT2D eigenvalue weighted by atomic mass is 9.79. The standard InChI is InChI=1S/C26H29N3O5/c1-17-23(19(3)30)25(21-11-8-12-22(15-21)29(32)33)24(18(2)27-17)26(31)34-14-13-28(4)16-20-9-6-5-7-10-20/h5-12,15,25,27H,13-14,16H2,1-4H3. The molecule has 0 saturated carbocycles. The molecule has 2 aromatic rings. The summed E-state index contributed by atoms with van der Waals surface area (Å²) in [6.07, 6.45) is 0. The van der Waals surface area contributed by atoms with E-state index in [0.717, 1.165) is 5.56 Å². The molecule has 1 N–H and O–H groups in total. The van der Waals surface area contributed by atoms with E-state index in [4.69, 9.17) is 4.74 Å². The van der Waals surface area contributed by atoms with E-state index < -0.39 is 16.8 Å². The Labute approximate surface area is 199 Å². The first-order valence-electron chi connectivity index (χ1n) is 11.0. The maximum atomic E-state index is 13.2. The van der Waals surface area contributed by atoms with Gasteiger partial charge in [0.15, 0.2) is 5.78 Å². The number of ether oxygens (including phenoxy) is 1. The molecule has 8 nitrogen and oxygen atoms in total. The molecule has 1 aliphatic rings. The van der Waals surface area contributed by atoms with Crippen LogP contribution in [0.25, 0.3) is 0 Å². The van der Waals surface area contributed by atoms with Crippen LogP contribution in [-0.4, -0.2) is 41.8 Å². The molecule has 1 heterocycles. The van der Waals surface area contributed by atoms with E-state index in [2.05, 4.69) is 5.32 Å². The molecule has 3 rings (SSSR count). The lowest BCUT2D eigenvalue weighted by molar-refractivity contribution is -0.384. The minimum Gasteiger partial charge on any atom is -0.461 e. The second-order valence-electron chi connectivity index (χ2n) is 8.40. The molecular formula is C26H29N3O5. The number of esters is 1. The van der Waals surface area contributed by atoms with Gasteiger partial charge in [0.2, 0.25) is 0 Å². The number of allylic oxidation sites excluding steroid dienone is 3. The lowest BCUT2D eigenvalue weighted by Gasteiger charge is -2.30. The summed E-state index contributed by atoms with van der Waals surface area (Å²) in [5, 5.41) is 14.4. The van der Waals surface area contributed by atoms with Crippen molar-refractivity contribution in [2.75, 3.05) is 20.2 Å². The highest BCUT2D eigenvalue weighted by atomic mass is 16.6. The number of nitro benzene ring substituents is 1. The Balaban J connectivity index is 1.81. The quantitative estimate of drug-likeness (QED) is 0.339. The molecule has 178 valence electrons. The number of carbonyl (C=O) groups excluding carboxylic acids is 2. The third kappa shape index (κ3) is 5.77. The number of non-ortho nitro benzene ring substituents is 1. The summed E-state index contributed by atoms with van der Waals surface area (Å²) < 4.78 is 5.61. The molecule has 34 heavy (non-hydrogen) atoms. The van der Waals surface area contributed by atoms with Crippen molar-refractivity contribution < 1.29 is 19.2 Å². The molecule has 0 radical (unpaired) electrons. The molecule has 0 bridgehead atoms. The van der Waals surface area contributed by atoms with Crippen molar-refractivity contribution >= 4 is 17.4 Å². The first-order chi connectivity index (χ1) is 16.2. The molecule has 1 aliphatic heterocycles. The van der Waals surface area contributed by atoms with E-state index in [-0.39, 0.29) is 23.7 Å². The van der Waals surface area contributed by atoms with Crippen LogP contribution in [0.3, 0.4) is 0 Å². The van der Waals surface area contributed by atoms with Crippen LogP contribution in [0.15, 0.2) is 77.1 Å². The first kappa shape index (κ1) is 24.9. The Morgan fingerprint density at radius 2 is 1.74 bits per heavy atom. The molecule has 0 aromatic heterocycles. The van der Waals surface area contributed by atoms with Crippen molar-refractivity contribution in [2.24, 2.45) is 0 Å². The topological polar surface area (TPSA) is 102 Å². The highest BCUT2D eigenvalue weighted by Crippen LogP contribution is 2.39. The molecule has 0 fully saturated rings. The summed E-state index contributed by atoms with van der Waals surface area (Å²) in [5.41, 5.74) is 3.38. The second-order valence-corrected chi connectivity index (χ2v) is 8.40. The van der Waals surface area contributed by atoms with Crippen LogP contribution < -0.4 is 5.32 Å². The van der Waals surface area contributed by atoms with Gasteiger partial charge in [-0.25, -0.2) is 4.79 Å². The number of dihydropyridines is 1. The fourth-order valence-corrected chi connectivity index (χ4v) is 4.23. The van der Waals surface area contributed by atoms with E-state index >= 15 is 0 Å². The van der Waals surface area contributed by atoms with Gasteiger partial charge in [-0.1, -0.05) is 42.5 Å². The number of nitrogens with one attached hydrogen (secondary N) is 1. The van der Waals surface area contributed by atoms with Gasteiger partial charge in [-0.3, -0.25) is 19.8 Å². The zero-order valence-electron chi connectivity index (χ0n) is 19.8. The largest absolute Gasteiger partial charge is 0.461 e. The highest BCUT2D eigenvalue weighted by Gasteiger charge is 2.36. The van der Waals surface area contributed by atoms with Gasteiger partial charge in [0, 0.05) is 48.1 Å². The fourth-order valence-electron chi connectivity index (χ4n) is 4.23. The number of hydrogen-bond acceptors (Lipinski definition) is 7. The van der Waals surface area contributed by atoms with Crippen molar-refractivity contribution in [3.8, 4) is 0 Å². The third-order valence-corrected chi connectivity index (χ3v) is 5.78. The van der Waals surface area contributed by atoms with E-state index in [9.17, 15) is 19.7 Å². The molecule has 8 heteroatoms. The predicted octanol–water partition coefficient (Wildman–Crippen LogP) is 4.09. The van der Waals surface area contributed by atoms with Crippen molar-refractivity contribution in [2.45, 2.75) is 33.2 Å². The maximum absolute atomic E-state index is 13.2. The van der Waals surface area contributed by atoms with Gasteiger partial charge in [-0.15, -0.1) is 0 Å². The van der Waals surface area contributed by atoms with Crippen LogP contribution in [0, 0.1) is 10.1 Å². The zero-order chi connectivity index (χ0) is 24.8. The van der Waals surface area contributed by atoms with Gasteiger partial charge in [0.25, 0.3) is 5.69 Å². The molecule has 1 unspecified atom stereocenters. The number of hydrogen-bond donors (Lipinski definition) is 1. The van der Waals surface area contributed by atoms with Crippen molar-refractivity contribution in [3.63, 3.8) is 0 Å². The van der Waals surface area contributed by atoms with Crippen LogP contribution in [0.5, 0.6) is 0 Å². The summed E-state index contributed by atoms with van der Waals surface area (Å²) in [4.78, 5) is 38.7. The van der Waals surface area contributed by atoms with Gasteiger partial charge in [0.05, 0.1) is 10.5 Å². The lowest BCUT2D eigenvalue weighted by Crippen LogP contribution is -2.32. The molecule has 0 spiro atoms. The number of Topliss-reactive ketones (excluding diaryl/α,β-unsaturated/α-hetero) is 1. The normalized spacial score (nSPS) is 15.9. The Hall–Kier alpha value is -3.78. The fraction of sp³-hybridized carbons (Fsp3) is 0.308. The Bertz CT molecular complexity index is 1150. The van der Waals surface area contributed by atoms with Crippen molar-refractivity contribution in [1.29, 1.82) is 0 Å². The van der Waals surface area contributed by atoms with E-state index in [1.54, 1.807) is 26.0 Å². The van der Waals surface area contributed by atoms with Crippen LogP contribution in [0.4, 0.5) is 5.69 Å². The Kier molecular flexibility index (Phi) is 7.96. The average molecular weight is 464 g/mol. The SMILES string of the molecule is CC(=O)C1=C(C)NC(C)=C(C(=O)OCCN(C)Cc2ccccc2)C1c1cccc([N+](=O)[O-])c1. The smallest absolute Gasteiger partial charge is 0.336 e. The number of nitrogens with zero attached hydrogens (tertiary/aromatic N) is 2. The molecular weight excluding hydrogens is 434 g/mol. The van der Waals surface area contributed by atoms with Crippen LogP contribution in [0.2, 0.25) is 0 Å². The van der Waals surface area contributed by atoms with Gasteiger partial charge < -0.3 is 10.1 Å². The summed E-state index contributed by atoms with van der Waals surface area (Å²) >= 11 is 0. The predicted molar refractivity (Wildman–Crippen MR) is 129 cm³/mol. The van der Waals surface area contributed by atoms with E-state index in [1.165, 1.54) is 19.1 Å². The molecule has 0 saturated heterocycles. The molecule has 0 aliphatic carbocycles. The van der Waals surface area contributed by atoms with Crippen LogP contribution in [-0.2, 0) is 20.9 Å². The minimum atomic E-state index is -0.756. The zero-order valence-corrected chi connectivity index (χ0v) is 19.8. The number of nitro groups is 1. The number of rotatable bonds is 9. The number of benzene rings is 2. The Morgan fingerprint density at radius 1 is 1.06 bits per heavy atom. The van der Waals surface area contributed by atoms with E-state index in [0.29, 0.717) is 35.6 Å². The summed E-state index contributed by atoms with van der Waals surface area (Å²) in [7, 11) is 1.94. The molecule has 0 amide bonds. The van der Waals surface area contributed by atoms with E-state index in [1.807, 2.05) is 42.3 Å². The average Bonchev–Trinajstić information content (AvgIpc) is 2.78. The maximum Gasteiger partial charge on any atom is 0.336 e. The molecule has 1 atom stereocenters. The minimum absolute atomic E-state index is 0.107. The number of carbonyl (C=O) groups is 2. The number of ketones is 1. The van der Waals surface area contributed by atoms with Gasteiger partial charge in [-0.05, 0) is 38.9 Å². The van der Waals surface area contributed by atoms with Crippen LogP contribution >= 0.6 is 0 Å². The molecule has 2 aromatic carbocycles. The summed E-state index contributed by atoms with van der Waals surface area (Å²) in [6.45, 7) is 6.32. The van der Waals surface area contributed by atoms with Crippen LogP contribution in [0.1, 0.15) is 37.8 Å². The van der Waals surface area contributed by atoms with Gasteiger partial charge >= 0.3 is 5.97 Å². The van der Waals surface area contributed by atoms with Gasteiger partial charge in [-0.2, -0.15) is 0 Å². The summed E-state index contributed by atoms with van der Waals surface area (Å²) in [6, 6.07) is 16.0. The monoisotopic (exact) mass is 463 g/mol. The first-order valence-corrected chi connectivity index (χ1v) is 11.0. The second kappa shape index (κ2) is 10.9. The van der Waals surface area contributed by atoms with Crippen molar-refractivity contribution in [3.05, 3.63) is 98.4 Å².